The number of nitrogens with zero attached hydrogens (tertiary/aromatic N) is 6. The zero-order valence-corrected chi connectivity index (χ0v) is 19.2. The molecule has 4 rings (SSSR count). The molecule has 2 aliphatic rings. The van der Waals surface area contributed by atoms with Crippen molar-refractivity contribution in [2.45, 2.75) is 70.3 Å². The molecule has 2 aliphatic heterocycles. The minimum Gasteiger partial charge on any atom is -0.342 e. The summed E-state index contributed by atoms with van der Waals surface area (Å²) in [5, 5.41) is 17.9. The molecule has 3 heterocycles. The molecule has 0 spiro atoms. The van der Waals surface area contributed by atoms with Crippen LogP contribution >= 0.6 is 0 Å². The fourth-order valence-corrected chi connectivity index (χ4v) is 4.90. The van der Waals surface area contributed by atoms with Crippen molar-refractivity contribution in [3.8, 4) is 6.07 Å². The van der Waals surface area contributed by atoms with Crippen LogP contribution in [0.25, 0.3) is 0 Å². The van der Waals surface area contributed by atoms with Crippen LogP contribution in [0.2, 0.25) is 0 Å². The molecule has 1 unspecified atom stereocenters. The maximum atomic E-state index is 13.0. The van der Waals surface area contributed by atoms with Crippen molar-refractivity contribution >= 4 is 17.5 Å². The SMILES string of the molecule is N#CCCN(C(=O)CCC(=O)N1CCCC(c2nnc3n2CCCCC3)C1)c1ccccc1. The van der Waals surface area contributed by atoms with Gasteiger partial charge in [0.1, 0.15) is 11.6 Å². The lowest BCUT2D eigenvalue weighted by atomic mass is 9.96. The molecule has 0 bridgehead atoms. The molecule has 0 aliphatic carbocycles. The van der Waals surface area contributed by atoms with Crippen molar-refractivity contribution in [3.63, 3.8) is 0 Å². The van der Waals surface area contributed by atoms with Gasteiger partial charge in [0.2, 0.25) is 11.8 Å². The zero-order chi connectivity index (χ0) is 23.0. The summed E-state index contributed by atoms with van der Waals surface area (Å²) in [7, 11) is 0. The molecule has 174 valence electrons. The Hall–Kier alpha value is -3.21. The number of nitriles is 1. The number of carbonyl (C=O) groups is 2. The minimum absolute atomic E-state index is 0.0111. The van der Waals surface area contributed by atoms with E-state index in [1.54, 1.807) is 4.90 Å². The van der Waals surface area contributed by atoms with Crippen molar-refractivity contribution < 1.29 is 9.59 Å². The van der Waals surface area contributed by atoms with E-state index in [4.69, 9.17) is 5.26 Å². The first-order valence-electron chi connectivity index (χ1n) is 12.1. The van der Waals surface area contributed by atoms with Gasteiger partial charge in [-0.15, -0.1) is 10.2 Å². The van der Waals surface area contributed by atoms with Crippen LogP contribution in [0.4, 0.5) is 5.69 Å². The van der Waals surface area contributed by atoms with Gasteiger partial charge in [-0.05, 0) is 37.8 Å². The van der Waals surface area contributed by atoms with Crippen molar-refractivity contribution in [2.75, 3.05) is 24.5 Å². The number of fused-ring (bicyclic) bond motifs is 1. The Bertz CT molecular complexity index is 996. The van der Waals surface area contributed by atoms with E-state index in [2.05, 4.69) is 20.8 Å². The third-order valence-electron chi connectivity index (χ3n) is 6.65. The summed E-state index contributed by atoms with van der Waals surface area (Å²) in [5.74, 6) is 2.19. The largest absolute Gasteiger partial charge is 0.342 e. The maximum Gasteiger partial charge on any atom is 0.227 e. The van der Waals surface area contributed by atoms with Gasteiger partial charge < -0.3 is 14.4 Å². The van der Waals surface area contributed by atoms with Gasteiger partial charge in [0, 0.05) is 57.0 Å². The van der Waals surface area contributed by atoms with Gasteiger partial charge in [0.05, 0.1) is 12.5 Å². The molecular formula is C25H32N6O2. The van der Waals surface area contributed by atoms with E-state index >= 15 is 0 Å². The Morgan fingerprint density at radius 2 is 1.91 bits per heavy atom. The molecule has 1 fully saturated rings. The molecule has 0 radical (unpaired) electrons. The number of hydrogen-bond acceptors (Lipinski definition) is 5. The lowest BCUT2D eigenvalue weighted by Gasteiger charge is -2.32. The van der Waals surface area contributed by atoms with Crippen molar-refractivity contribution in [1.29, 1.82) is 5.26 Å². The van der Waals surface area contributed by atoms with Crippen molar-refractivity contribution in [3.05, 3.63) is 42.0 Å². The number of aryl methyl sites for hydroxylation is 1. The second kappa shape index (κ2) is 11.1. The number of anilines is 1. The molecular weight excluding hydrogens is 416 g/mol. The number of benzene rings is 1. The van der Waals surface area contributed by atoms with Crippen LogP contribution in [0.3, 0.4) is 0 Å². The number of rotatable bonds is 7. The molecule has 1 aromatic heterocycles. The molecule has 1 aromatic carbocycles. The fraction of sp³-hybridized carbons (Fsp3) is 0.560. The average molecular weight is 449 g/mol. The molecule has 2 aromatic rings. The third-order valence-corrected chi connectivity index (χ3v) is 6.65. The topological polar surface area (TPSA) is 95.1 Å². The van der Waals surface area contributed by atoms with Gasteiger partial charge in [0.15, 0.2) is 0 Å². The highest BCUT2D eigenvalue weighted by Crippen LogP contribution is 2.28. The maximum absolute atomic E-state index is 13.0. The summed E-state index contributed by atoms with van der Waals surface area (Å²) in [5.41, 5.74) is 0.760. The fourth-order valence-electron chi connectivity index (χ4n) is 4.90. The highest BCUT2D eigenvalue weighted by Gasteiger charge is 2.30. The van der Waals surface area contributed by atoms with Crippen molar-refractivity contribution in [1.82, 2.24) is 19.7 Å². The molecule has 1 saturated heterocycles. The highest BCUT2D eigenvalue weighted by atomic mass is 16.2. The molecule has 0 saturated carbocycles. The predicted molar refractivity (Wildman–Crippen MR) is 124 cm³/mol. The Labute approximate surface area is 195 Å². The van der Waals surface area contributed by atoms with Gasteiger partial charge in [-0.2, -0.15) is 5.26 Å². The number of hydrogen-bond donors (Lipinski definition) is 0. The summed E-state index contributed by atoms with van der Waals surface area (Å²) >= 11 is 0. The van der Waals surface area contributed by atoms with Gasteiger partial charge >= 0.3 is 0 Å². The van der Waals surface area contributed by atoms with Crippen LogP contribution in [-0.4, -0.2) is 51.1 Å². The Morgan fingerprint density at radius 1 is 1.06 bits per heavy atom. The number of piperidine rings is 1. The number of aromatic nitrogens is 3. The van der Waals surface area contributed by atoms with Crippen LogP contribution in [-0.2, 0) is 22.6 Å². The second-order valence-electron chi connectivity index (χ2n) is 8.90. The Kier molecular flexibility index (Phi) is 7.71. The molecule has 1 atom stereocenters. The average Bonchev–Trinajstić information content (AvgIpc) is 3.11. The highest BCUT2D eigenvalue weighted by molar-refractivity contribution is 5.95. The molecule has 8 nitrogen and oxygen atoms in total. The van der Waals surface area contributed by atoms with Gasteiger partial charge in [0.25, 0.3) is 0 Å². The van der Waals surface area contributed by atoms with Crippen LogP contribution in [0.5, 0.6) is 0 Å². The first-order chi connectivity index (χ1) is 16.2. The lowest BCUT2D eigenvalue weighted by Crippen LogP contribution is -2.40. The summed E-state index contributed by atoms with van der Waals surface area (Å²) in [6.45, 7) is 2.66. The Balaban J connectivity index is 1.36. The van der Waals surface area contributed by atoms with E-state index in [9.17, 15) is 9.59 Å². The quantitative estimate of drug-likeness (QED) is 0.647. The normalized spacial score (nSPS) is 18.2. The number of amides is 2. The zero-order valence-electron chi connectivity index (χ0n) is 19.2. The number of carbonyl (C=O) groups excluding carboxylic acids is 2. The first-order valence-corrected chi connectivity index (χ1v) is 12.1. The molecule has 0 N–H and O–H groups in total. The van der Waals surface area contributed by atoms with Crippen LogP contribution in [0, 0.1) is 11.3 Å². The second-order valence-corrected chi connectivity index (χ2v) is 8.90. The molecule has 2 amide bonds. The number of likely N-dealkylation sites (tertiary alicyclic amines) is 1. The van der Waals surface area contributed by atoms with Crippen LogP contribution < -0.4 is 4.90 Å². The molecule has 8 heteroatoms. The van der Waals surface area contributed by atoms with Gasteiger partial charge in [-0.25, -0.2) is 0 Å². The van der Waals surface area contributed by atoms with E-state index in [0.29, 0.717) is 13.1 Å². The Morgan fingerprint density at radius 3 is 2.73 bits per heavy atom. The lowest BCUT2D eigenvalue weighted by molar-refractivity contribution is -0.134. The summed E-state index contributed by atoms with van der Waals surface area (Å²) in [6.07, 6.45) is 7.04. The summed E-state index contributed by atoms with van der Waals surface area (Å²) in [4.78, 5) is 29.4. The van der Waals surface area contributed by atoms with E-state index < -0.39 is 0 Å². The van der Waals surface area contributed by atoms with E-state index in [1.165, 1.54) is 6.42 Å². The van der Waals surface area contributed by atoms with E-state index in [0.717, 1.165) is 62.5 Å². The van der Waals surface area contributed by atoms with Crippen molar-refractivity contribution in [2.24, 2.45) is 0 Å². The first kappa shape index (κ1) is 23.0. The molecule has 33 heavy (non-hydrogen) atoms. The predicted octanol–water partition coefficient (Wildman–Crippen LogP) is 3.44. The van der Waals surface area contributed by atoms with Gasteiger partial charge in [-0.3, -0.25) is 9.59 Å². The monoisotopic (exact) mass is 448 g/mol. The standard InChI is InChI=1S/C25H32N6O2/c26-15-8-18-30(21-10-3-1-4-11-21)24(33)14-13-23(32)29-16-7-9-20(19-29)25-28-27-22-12-5-2-6-17-31(22)25/h1,3-4,10-11,20H,2,5-9,12-14,16-19H2. The summed E-state index contributed by atoms with van der Waals surface area (Å²) in [6, 6.07) is 11.4. The third kappa shape index (κ3) is 5.59. The van der Waals surface area contributed by atoms with E-state index in [1.807, 2.05) is 35.2 Å². The smallest absolute Gasteiger partial charge is 0.227 e. The van der Waals surface area contributed by atoms with Crippen LogP contribution in [0.1, 0.15) is 68.9 Å². The van der Waals surface area contributed by atoms with Gasteiger partial charge in [-0.1, -0.05) is 24.6 Å². The van der Waals surface area contributed by atoms with E-state index in [-0.39, 0.29) is 37.0 Å². The summed E-state index contributed by atoms with van der Waals surface area (Å²) < 4.78 is 2.28. The van der Waals surface area contributed by atoms with Crippen LogP contribution in [0.15, 0.2) is 30.3 Å². The number of para-hydroxylation sites is 1. The minimum atomic E-state index is -0.124.